The molecule has 0 spiro atoms. The number of aliphatic hydroxyl groups excluding tert-OH is 8. The fourth-order valence-corrected chi connectivity index (χ4v) is 6.38. The Hall–Kier alpha value is -0.832. The molecule has 2 aliphatic rings. The van der Waals surface area contributed by atoms with Crippen molar-refractivity contribution in [1.82, 2.24) is 10.6 Å². The molecule has 17 nitrogen and oxygen atoms in total. The van der Waals surface area contributed by atoms with Crippen LogP contribution in [-0.4, -0.2) is 151 Å². The van der Waals surface area contributed by atoms with Gasteiger partial charge in [0.2, 0.25) is 0 Å². The second kappa shape index (κ2) is 12.8. The first kappa shape index (κ1) is 31.4. The van der Waals surface area contributed by atoms with E-state index in [1.165, 1.54) is 0 Å². The van der Waals surface area contributed by atoms with Gasteiger partial charge in [0.25, 0.3) is 0 Å². The van der Waals surface area contributed by atoms with Crippen molar-refractivity contribution >= 4 is 34.9 Å². The standard InChI is InChI=1S/C17H31AsN2O15S/c1-4(22)19-5(3-36-18(31,32)33)16(30)20-7-9(24)8(23)6(2-21)34-17(7)35-15-13(28)11(26)10(25)12(27)14(15)29/h5-15,17,21,23-29H,2-3H2,1H3,(H,19,22)(H,20,30)(H2,31,32,33)/p-2/t5-,6+,7+,8+,9+,10?,11-,12+,13+,14+,15?,17+/m0/s1. The number of carbonyl (C=O) groups is 2. The first-order valence-electron chi connectivity index (χ1n) is 10.5. The first-order valence-corrected chi connectivity index (χ1v) is 16.0. The van der Waals surface area contributed by atoms with E-state index in [1.54, 1.807) is 0 Å². The summed E-state index contributed by atoms with van der Waals surface area (Å²) in [5.74, 6) is -2.64. The second-order valence-electron chi connectivity index (χ2n) is 8.29. The fraction of sp³-hybridized carbons (Fsp3) is 0.882. The number of amides is 2. The van der Waals surface area contributed by atoms with Crippen molar-refractivity contribution in [3.05, 3.63) is 0 Å². The van der Waals surface area contributed by atoms with E-state index < -0.39 is 110 Å². The van der Waals surface area contributed by atoms with Crippen molar-refractivity contribution in [2.45, 2.75) is 80.2 Å². The molecule has 12 atom stereocenters. The molecular weight excluding hydrogens is 579 g/mol. The molecule has 0 aromatic carbocycles. The molecule has 210 valence electrons. The van der Waals surface area contributed by atoms with Crippen LogP contribution in [0.25, 0.3) is 0 Å². The van der Waals surface area contributed by atoms with Gasteiger partial charge in [-0.1, -0.05) is 0 Å². The number of hydrogen-bond donors (Lipinski definition) is 10. The number of carbonyl (C=O) groups excluding carboxylic acids is 2. The molecule has 1 saturated carbocycles. The first-order chi connectivity index (χ1) is 16.6. The van der Waals surface area contributed by atoms with Gasteiger partial charge in [-0.15, -0.1) is 0 Å². The zero-order valence-electron chi connectivity index (χ0n) is 18.6. The van der Waals surface area contributed by atoms with Crippen LogP contribution >= 0.6 is 10.0 Å². The number of ether oxygens (including phenoxy) is 2. The molecule has 2 fully saturated rings. The summed E-state index contributed by atoms with van der Waals surface area (Å²) >= 11 is -5.78. The van der Waals surface area contributed by atoms with Crippen molar-refractivity contribution in [1.29, 1.82) is 0 Å². The summed E-state index contributed by atoms with van der Waals surface area (Å²) in [6.45, 7) is 0.134. The van der Waals surface area contributed by atoms with E-state index in [0.29, 0.717) is 0 Å². The van der Waals surface area contributed by atoms with Gasteiger partial charge >= 0.3 is 205 Å². The van der Waals surface area contributed by atoms with Gasteiger partial charge < -0.3 is 5.11 Å². The normalized spacial score (nSPS) is 40.4. The minimum atomic E-state index is -5.78. The Labute approximate surface area is 210 Å². The Kier molecular flexibility index (Phi) is 11.2. The van der Waals surface area contributed by atoms with Crippen LogP contribution in [0.4, 0.5) is 0 Å². The fourth-order valence-electron chi connectivity index (χ4n) is 3.72. The summed E-state index contributed by atoms with van der Waals surface area (Å²) in [7, 11) is -0.113. The van der Waals surface area contributed by atoms with E-state index in [4.69, 9.17) is 9.47 Å². The number of hydrogen-bond acceptors (Lipinski definition) is 16. The summed E-state index contributed by atoms with van der Waals surface area (Å²) in [6.07, 6.45) is -19.0. The van der Waals surface area contributed by atoms with Gasteiger partial charge in [0.15, 0.2) is 0 Å². The Morgan fingerprint density at radius 2 is 1.50 bits per heavy atom. The van der Waals surface area contributed by atoms with E-state index in [1.807, 2.05) is 0 Å². The molecular formula is C17H29AsN2O15S-2. The Morgan fingerprint density at radius 1 is 0.972 bits per heavy atom. The quantitative estimate of drug-likeness (QED) is 0.109. The summed E-state index contributed by atoms with van der Waals surface area (Å²) < 4.78 is 43.8. The van der Waals surface area contributed by atoms with Crippen molar-refractivity contribution in [2.75, 3.05) is 12.4 Å². The third-order valence-corrected chi connectivity index (χ3v) is 9.37. The Bertz CT molecular complexity index is 803. The Morgan fingerprint density at radius 3 is 1.97 bits per heavy atom. The van der Waals surface area contributed by atoms with E-state index in [0.717, 1.165) is 6.92 Å². The molecule has 1 aliphatic carbocycles. The third kappa shape index (κ3) is 7.61. The second-order valence-corrected chi connectivity index (χ2v) is 14.7. The molecule has 1 saturated heterocycles. The van der Waals surface area contributed by atoms with Crippen LogP contribution in [0.5, 0.6) is 0 Å². The van der Waals surface area contributed by atoms with Crippen molar-refractivity contribution in [3.8, 4) is 0 Å². The van der Waals surface area contributed by atoms with Crippen molar-refractivity contribution in [2.24, 2.45) is 0 Å². The van der Waals surface area contributed by atoms with Crippen molar-refractivity contribution in [3.63, 3.8) is 0 Å². The molecule has 0 aromatic heterocycles. The summed E-state index contributed by atoms with van der Waals surface area (Å²) in [5.41, 5.74) is 0. The van der Waals surface area contributed by atoms with E-state index in [-0.39, 0.29) is 10.0 Å². The average Bonchev–Trinajstić information content (AvgIpc) is 2.80. The summed E-state index contributed by atoms with van der Waals surface area (Å²) in [5, 5.41) is 84.5. The van der Waals surface area contributed by atoms with E-state index in [2.05, 4.69) is 10.6 Å². The molecule has 0 radical (unpaired) electrons. The molecule has 19 heteroatoms. The number of nitrogens with one attached hydrogen (secondary N) is 2. The van der Waals surface area contributed by atoms with Crippen molar-refractivity contribution < 1.29 is 71.8 Å². The van der Waals surface area contributed by atoms with Gasteiger partial charge in [-0.3, -0.25) is 0 Å². The van der Waals surface area contributed by atoms with Gasteiger partial charge in [-0.2, -0.15) is 0 Å². The molecule has 1 aliphatic heterocycles. The van der Waals surface area contributed by atoms with Crippen LogP contribution in [-0.2, 0) is 22.8 Å². The van der Waals surface area contributed by atoms with Crippen LogP contribution < -0.4 is 18.8 Å². The zero-order chi connectivity index (χ0) is 27.5. The van der Waals surface area contributed by atoms with Crippen LogP contribution in [0.2, 0.25) is 0 Å². The predicted octanol–water partition coefficient (Wildman–Crippen LogP) is -9.06. The van der Waals surface area contributed by atoms with Gasteiger partial charge in [0.1, 0.15) is 0 Å². The third-order valence-electron chi connectivity index (χ3n) is 5.65. The topological polar surface area (TPSA) is 302 Å². The van der Waals surface area contributed by atoms with Gasteiger partial charge in [-0.05, 0) is 0 Å². The maximum absolute atomic E-state index is 12.8. The molecule has 2 unspecified atom stereocenters. The molecule has 2 amide bonds. The predicted molar refractivity (Wildman–Crippen MR) is 111 cm³/mol. The SMILES string of the molecule is CC(=O)N[C@@H](CS[As](=O)([O-])[O-])C(=O)N[C@H]1[C@@H](OC2[C@H](O)[C@H](O)C(O)[C@H](O)[C@H]2O)O[C@H](CO)[C@@H](O)[C@@H]1O. The summed E-state index contributed by atoms with van der Waals surface area (Å²) in [4.78, 5) is 24.2. The minimum absolute atomic E-state index is 0.113. The molecule has 10 N–H and O–H groups in total. The van der Waals surface area contributed by atoms with Gasteiger partial charge in [0, 0.05) is 0 Å². The van der Waals surface area contributed by atoms with Crippen LogP contribution in [0.1, 0.15) is 6.92 Å². The molecule has 0 aromatic rings. The van der Waals surface area contributed by atoms with Gasteiger partial charge in [-0.25, -0.2) is 0 Å². The van der Waals surface area contributed by atoms with E-state index in [9.17, 15) is 62.4 Å². The summed E-state index contributed by atoms with van der Waals surface area (Å²) in [6, 6.07) is -3.37. The van der Waals surface area contributed by atoms with Crippen LogP contribution in [0.15, 0.2) is 0 Å². The maximum atomic E-state index is 12.8. The molecule has 0 bridgehead atoms. The van der Waals surface area contributed by atoms with Crippen LogP contribution in [0.3, 0.4) is 0 Å². The van der Waals surface area contributed by atoms with E-state index >= 15 is 0 Å². The number of aliphatic hydroxyl groups is 8. The monoisotopic (exact) mass is 608 g/mol. The average molecular weight is 608 g/mol. The Balaban J connectivity index is 2.29. The molecule has 1 heterocycles. The zero-order valence-corrected chi connectivity index (χ0v) is 21.3. The molecule has 2 rings (SSSR count). The van der Waals surface area contributed by atoms with Crippen LogP contribution in [0, 0.1) is 0 Å². The van der Waals surface area contributed by atoms with Gasteiger partial charge in [0.05, 0.1) is 0 Å². The number of rotatable bonds is 9. The molecule has 36 heavy (non-hydrogen) atoms.